The molecule has 0 saturated carbocycles. The van der Waals surface area contributed by atoms with Crippen LogP contribution in [0.1, 0.15) is 75.2 Å². The Balaban J connectivity index is 6.34. The minimum atomic E-state index is -4.00. The highest BCUT2D eigenvalue weighted by Gasteiger charge is 2.55. The van der Waals surface area contributed by atoms with Crippen molar-refractivity contribution in [2.45, 2.75) is 105 Å². The Morgan fingerprint density at radius 3 is 1.36 bits per heavy atom. The standard InChI is InChI=1S/C18H39NO6P2S/c1-10-11-12-19-17(28)18(26(20,22-13(2)3)23-14(4)5)27(21,24-15(6)7)25-16(8)9/h13-16,18H,10-12H2,1-9H3,(H,19,28). The van der Waals surface area contributed by atoms with Gasteiger partial charge in [0.25, 0.3) is 0 Å². The summed E-state index contributed by atoms with van der Waals surface area (Å²) in [7, 11) is -7.99. The summed E-state index contributed by atoms with van der Waals surface area (Å²) in [6.07, 6.45) is 0.0717. The molecule has 0 saturated heterocycles. The van der Waals surface area contributed by atoms with E-state index in [4.69, 9.17) is 30.3 Å². The molecule has 0 aromatic rings. The van der Waals surface area contributed by atoms with Gasteiger partial charge in [-0.2, -0.15) is 0 Å². The minimum absolute atomic E-state index is 0.114. The summed E-state index contributed by atoms with van der Waals surface area (Å²) in [4.78, 5) is 0.114. The molecule has 0 aliphatic rings. The maximum absolute atomic E-state index is 13.9. The van der Waals surface area contributed by atoms with Crippen molar-refractivity contribution in [1.29, 1.82) is 0 Å². The Hall–Kier alpha value is 0.190. The van der Waals surface area contributed by atoms with Crippen LogP contribution in [0.4, 0.5) is 0 Å². The van der Waals surface area contributed by atoms with Crippen LogP contribution in [0.2, 0.25) is 0 Å². The molecule has 168 valence electrons. The van der Waals surface area contributed by atoms with Crippen LogP contribution in [0.5, 0.6) is 0 Å². The maximum Gasteiger partial charge on any atom is 0.353 e. The number of hydrogen-bond acceptors (Lipinski definition) is 7. The Kier molecular flexibility index (Phi) is 12.9. The zero-order chi connectivity index (χ0) is 22.1. The van der Waals surface area contributed by atoms with Crippen LogP contribution in [0.25, 0.3) is 0 Å². The number of rotatable bonds is 14. The van der Waals surface area contributed by atoms with Gasteiger partial charge in [0, 0.05) is 6.54 Å². The first-order valence-corrected chi connectivity index (χ1v) is 13.6. The van der Waals surface area contributed by atoms with E-state index in [-0.39, 0.29) is 4.99 Å². The third-order valence-electron chi connectivity index (χ3n) is 3.09. The summed E-state index contributed by atoms with van der Waals surface area (Å²) in [5.74, 6) is 0. The van der Waals surface area contributed by atoms with Gasteiger partial charge in [0.15, 0.2) is 0 Å². The van der Waals surface area contributed by atoms with E-state index in [1.165, 1.54) is 0 Å². The van der Waals surface area contributed by atoms with E-state index in [1.54, 1.807) is 55.4 Å². The predicted octanol–water partition coefficient (Wildman–Crippen LogP) is 6.12. The Bertz CT molecular complexity index is 502. The lowest BCUT2D eigenvalue weighted by Crippen LogP contribution is -2.37. The second kappa shape index (κ2) is 12.8. The lowest BCUT2D eigenvalue weighted by atomic mass is 10.3. The van der Waals surface area contributed by atoms with Crippen molar-refractivity contribution in [3.05, 3.63) is 0 Å². The van der Waals surface area contributed by atoms with Crippen molar-refractivity contribution in [1.82, 2.24) is 5.32 Å². The molecule has 1 N–H and O–H groups in total. The first-order chi connectivity index (χ1) is 12.8. The lowest BCUT2D eigenvalue weighted by molar-refractivity contribution is 0.127. The summed E-state index contributed by atoms with van der Waals surface area (Å²) >= 11 is 5.52. The van der Waals surface area contributed by atoms with Gasteiger partial charge in [0.05, 0.1) is 24.4 Å². The molecular weight excluding hydrogens is 420 g/mol. The van der Waals surface area contributed by atoms with Crippen molar-refractivity contribution in [3.8, 4) is 0 Å². The first-order valence-electron chi connectivity index (χ1n) is 9.98. The molecule has 0 aliphatic carbocycles. The van der Waals surface area contributed by atoms with Gasteiger partial charge in [-0.25, -0.2) is 0 Å². The normalized spacial score (nSPS) is 13.4. The zero-order valence-corrected chi connectivity index (χ0v) is 21.4. The van der Waals surface area contributed by atoms with E-state index < -0.39 is 45.0 Å². The van der Waals surface area contributed by atoms with Gasteiger partial charge < -0.3 is 23.4 Å². The topological polar surface area (TPSA) is 83.1 Å². The van der Waals surface area contributed by atoms with E-state index in [0.717, 1.165) is 12.8 Å². The van der Waals surface area contributed by atoms with Crippen LogP contribution < -0.4 is 5.32 Å². The summed E-state index contributed by atoms with van der Waals surface area (Å²) in [5.41, 5.74) is 0. The highest BCUT2D eigenvalue weighted by molar-refractivity contribution is 7.85. The molecule has 0 bridgehead atoms. The Morgan fingerprint density at radius 2 is 1.11 bits per heavy atom. The minimum Gasteiger partial charge on any atom is -0.378 e. The number of thiocarbonyl (C=S) groups is 1. The van der Waals surface area contributed by atoms with E-state index in [9.17, 15) is 9.13 Å². The van der Waals surface area contributed by atoms with E-state index in [1.807, 2.05) is 6.92 Å². The van der Waals surface area contributed by atoms with Gasteiger partial charge in [-0.05, 0) is 61.8 Å². The fourth-order valence-corrected chi connectivity index (χ4v) is 8.98. The molecule has 0 aliphatic heterocycles. The third kappa shape index (κ3) is 9.80. The van der Waals surface area contributed by atoms with Gasteiger partial charge in [0.2, 0.25) is 5.40 Å². The van der Waals surface area contributed by atoms with Crippen LogP contribution in [0.3, 0.4) is 0 Å². The molecule has 0 heterocycles. The summed E-state index contributed by atoms with van der Waals surface area (Å²) < 4.78 is 50.7. The van der Waals surface area contributed by atoms with Crippen LogP contribution in [-0.2, 0) is 27.2 Å². The lowest BCUT2D eigenvalue weighted by Gasteiger charge is -2.35. The third-order valence-corrected chi connectivity index (χ3v) is 10.1. The van der Waals surface area contributed by atoms with Crippen molar-refractivity contribution < 1.29 is 27.2 Å². The van der Waals surface area contributed by atoms with E-state index in [0.29, 0.717) is 6.54 Å². The van der Waals surface area contributed by atoms with Gasteiger partial charge in [-0.1, -0.05) is 25.6 Å². The zero-order valence-electron chi connectivity index (χ0n) is 18.8. The molecule has 0 aromatic heterocycles. The highest BCUT2D eigenvalue weighted by Crippen LogP contribution is 2.72. The molecule has 7 nitrogen and oxygen atoms in total. The quantitative estimate of drug-likeness (QED) is 0.189. The Morgan fingerprint density at radius 1 is 0.786 bits per heavy atom. The second-order valence-corrected chi connectivity index (χ2v) is 12.6. The van der Waals surface area contributed by atoms with E-state index in [2.05, 4.69) is 5.32 Å². The monoisotopic (exact) mass is 459 g/mol. The number of nitrogens with one attached hydrogen (secondary N) is 1. The van der Waals surface area contributed by atoms with Crippen LogP contribution >= 0.6 is 27.4 Å². The fourth-order valence-electron chi connectivity index (χ4n) is 2.40. The predicted molar refractivity (Wildman–Crippen MR) is 119 cm³/mol. The van der Waals surface area contributed by atoms with Crippen molar-refractivity contribution in [3.63, 3.8) is 0 Å². The number of hydrogen-bond donors (Lipinski definition) is 1. The van der Waals surface area contributed by atoms with Crippen LogP contribution in [0, 0.1) is 0 Å². The van der Waals surface area contributed by atoms with Gasteiger partial charge >= 0.3 is 15.2 Å². The van der Waals surface area contributed by atoms with Gasteiger partial charge in [0.1, 0.15) is 4.99 Å². The Labute approximate surface area is 176 Å². The summed E-state index contributed by atoms with van der Waals surface area (Å²) in [6.45, 7) is 16.5. The van der Waals surface area contributed by atoms with Crippen molar-refractivity contribution in [2.75, 3.05) is 6.54 Å². The maximum atomic E-state index is 13.9. The molecule has 10 heteroatoms. The smallest absolute Gasteiger partial charge is 0.353 e. The summed E-state index contributed by atoms with van der Waals surface area (Å²) in [6, 6.07) is 0. The molecular formula is C18H39NO6P2S. The molecule has 0 fully saturated rings. The SMILES string of the molecule is CCCCNC(=S)C(P(=O)(OC(C)C)OC(C)C)P(=O)(OC(C)C)OC(C)C. The average Bonchev–Trinajstić information content (AvgIpc) is 2.42. The molecule has 0 spiro atoms. The van der Waals surface area contributed by atoms with Gasteiger partial charge in [-0.15, -0.1) is 0 Å². The first kappa shape index (κ1) is 28.2. The fraction of sp³-hybridized carbons (Fsp3) is 0.944. The average molecular weight is 460 g/mol. The molecule has 0 aromatic carbocycles. The van der Waals surface area contributed by atoms with Crippen LogP contribution in [0.15, 0.2) is 0 Å². The number of unbranched alkanes of at least 4 members (excludes halogenated alkanes) is 1. The van der Waals surface area contributed by atoms with Crippen molar-refractivity contribution in [2.24, 2.45) is 0 Å². The molecule has 0 rings (SSSR count). The molecule has 0 atom stereocenters. The molecule has 0 unspecified atom stereocenters. The van der Waals surface area contributed by atoms with E-state index >= 15 is 0 Å². The summed E-state index contributed by atoms with van der Waals surface area (Å²) in [5, 5.41) is 1.71. The van der Waals surface area contributed by atoms with Crippen LogP contribution in [-0.4, -0.2) is 41.3 Å². The van der Waals surface area contributed by atoms with Crippen molar-refractivity contribution >= 4 is 32.4 Å². The van der Waals surface area contributed by atoms with Gasteiger partial charge in [-0.3, -0.25) is 9.13 Å². The molecule has 0 amide bonds. The largest absolute Gasteiger partial charge is 0.378 e. The highest BCUT2D eigenvalue weighted by atomic mass is 32.1. The second-order valence-electron chi connectivity index (χ2n) is 7.71. The molecule has 0 radical (unpaired) electrons. The molecule has 28 heavy (non-hydrogen) atoms.